The molecule has 0 saturated heterocycles. The predicted molar refractivity (Wildman–Crippen MR) is 190 cm³/mol. The summed E-state index contributed by atoms with van der Waals surface area (Å²) in [5.41, 5.74) is 1.58. The minimum absolute atomic E-state index is 0.0697. The van der Waals surface area contributed by atoms with Gasteiger partial charge >= 0.3 is 36.0 Å². The Labute approximate surface area is 294 Å². The number of para-hydroxylation sites is 1. The van der Waals surface area contributed by atoms with Crippen molar-refractivity contribution in [3.05, 3.63) is 130 Å². The van der Waals surface area contributed by atoms with Crippen molar-refractivity contribution < 1.29 is 40.0 Å². The third-order valence-corrected chi connectivity index (χ3v) is 15.9. The molecule has 0 aliphatic heterocycles. The summed E-state index contributed by atoms with van der Waals surface area (Å²) in [6, 6.07) is 27.3. The number of unbranched alkanes of at least 4 members (excludes halogenated alkanes) is 9. The maximum Gasteiger partial charge on any atom is 0.336 e. The minimum Gasteiger partial charge on any atom is -0.456 e. The summed E-state index contributed by atoms with van der Waals surface area (Å²) >= 11 is -3.29. The van der Waals surface area contributed by atoms with Gasteiger partial charge in [0.25, 0.3) is 0 Å². The first-order chi connectivity index (χ1) is 23.8. The van der Waals surface area contributed by atoms with Gasteiger partial charge in [0.05, 0.1) is 15.7 Å². The predicted octanol–water partition coefficient (Wildman–Crippen LogP) is 6.50. The van der Waals surface area contributed by atoms with Crippen LogP contribution in [0.25, 0.3) is 32.9 Å². The van der Waals surface area contributed by atoms with Crippen LogP contribution in [0.15, 0.2) is 120 Å². The van der Waals surface area contributed by atoms with Gasteiger partial charge in [-0.15, -0.1) is 0 Å². The molecule has 0 bridgehead atoms. The van der Waals surface area contributed by atoms with Gasteiger partial charge in [-0.25, -0.2) is 4.79 Å². The second-order valence-corrected chi connectivity index (χ2v) is 18.8. The van der Waals surface area contributed by atoms with Crippen molar-refractivity contribution in [1.82, 2.24) is 0 Å². The molecule has 9 heteroatoms. The highest BCUT2D eigenvalue weighted by molar-refractivity contribution is 7.86. The third-order valence-electron chi connectivity index (χ3n) is 8.70. The van der Waals surface area contributed by atoms with Crippen LogP contribution in [-0.2, 0) is 19.1 Å². The van der Waals surface area contributed by atoms with Gasteiger partial charge in [-0.05, 0) is 75.5 Å². The third kappa shape index (κ3) is 8.69. The van der Waals surface area contributed by atoms with E-state index in [0.717, 1.165) is 24.8 Å². The number of hydrogen-bond donors (Lipinski definition) is 0. The highest BCUT2D eigenvalue weighted by Gasteiger charge is 2.38. The van der Waals surface area contributed by atoms with E-state index in [1.165, 1.54) is 57.4 Å². The standard InChI is InChI=1S/C40H41IO7S/c1-2-3-4-5-6-7-8-9-10-11-14-29-17-23-33(24-18-29)49(44,45)48-41(32-21-19-30-20-26-39(42)47-38(30)28-32)31-22-25-37-35(27-31)40(43)34-15-12-13-16-36(34)46-37/h12-13,15-28H,2-11,14H2,1H3/q+1. The van der Waals surface area contributed by atoms with Gasteiger partial charge in [0, 0.05) is 23.6 Å². The molecule has 0 aliphatic rings. The van der Waals surface area contributed by atoms with E-state index in [1.54, 1.807) is 78.9 Å². The first-order valence-electron chi connectivity index (χ1n) is 17.1. The number of halogens is 1. The number of aryl methyl sites for hydroxylation is 1. The van der Waals surface area contributed by atoms with E-state index in [0.29, 0.717) is 40.0 Å². The summed E-state index contributed by atoms with van der Waals surface area (Å²) in [5.74, 6) is 0. The molecule has 7 nitrogen and oxygen atoms in total. The summed E-state index contributed by atoms with van der Waals surface area (Å²) in [6.45, 7) is 2.24. The molecule has 6 aromatic rings. The highest BCUT2D eigenvalue weighted by atomic mass is 127. The summed E-state index contributed by atoms with van der Waals surface area (Å²) in [5, 5.41) is 1.47. The topological polar surface area (TPSA) is 104 Å². The largest absolute Gasteiger partial charge is 0.456 e. The van der Waals surface area contributed by atoms with Gasteiger partial charge in [0.1, 0.15) is 16.7 Å². The van der Waals surface area contributed by atoms with Crippen LogP contribution in [0.3, 0.4) is 0 Å². The minimum atomic E-state index is -4.20. The molecule has 6 rings (SSSR count). The number of hydrogen-bond acceptors (Lipinski definition) is 7. The summed E-state index contributed by atoms with van der Waals surface area (Å²) in [4.78, 5) is 25.6. The molecule has 0 aliphatic carbocycles. The zero-order valence-electron chi connectivity index (χ0n) is 27.7. The molecule has 1 radical (unpaired) electrons. The Morgan fingerprint density at radius 3 is 2.00 bits per heavy atom. The molecule has 2 heterocycles. The van der Waals surface area contributed by atoms with E-state index in [1.807, 2.05) is 12.1 Å². The Hall–Kier alpha value is -3.80. The first kappa shape index (κ1) is 35.0. The van der Waals surface area contributed by atoms with Crippen LogP contribution in [0.2, 0.25) is 0 Å². The van der Waals surface area contributed by atoms with Crippen LogP contribution in [-0.4, -0.2) is 8.42 Å². The molecule has 0 N–H and O–H groups in total. The molecule has 49 heavy (non-hydrogen) atoms. The van der Waals surface area contributed by atoms with Crippen LogP contribution in [0.5, 0.6) is 0 Å². The SMILES string of the molecule is CCCCCCCCCCCCc1ccc(S(=O)(=O)O[I+](c2ccc3ccc(=O)oc3c2)c2ccc3oc4ccccc4c(=O)c3c2)cc1. The molecule has 0 fully saturated rings. The van der Waals surface area contributed by atoms with E-state index in [9.17, 15) is 18.0 Å². The van der Waals surface area contributed by atoms with Crippen molar-refractivity contribution in [2.45, 2.75) is 82.4 Å². The molecular weight excluding hydrogens is 751 g/mol. The maximum atomic E-state index is 13.8. The fraction of sp³-hybridized carbons (Fsp3) is 0.300. The lowest BCUT2D eigenvalue weighted by Crippen LogP contribution is -3.85. The Bertz CT molecular complexity index is 2270. The lowest BCUT2D eigenvalue weighted by molar-refractivity contribution is -1.03. The van der Waals surface area contributed by atoms with Crippen LogP contribution in [0.4, 0.5) is 0 Å². The number of benzene rings is 4. The Kier molecular flexibility index (Phi) is 11.6. The smallest absolute Gasteiger partial charge is 0.336 e. The summed E-state index contributed by atoms with van der Waals surface area (Å²) < 4.78 is 46.4. The molecular formula is C40H41IO7S+. The Morgan fingerprint density at radius 1 is 0.612 bits per heavy atom. The Morgan fingerprint density at radius 2 is 1.24 bits per heavy atom. The summed E-state index contributed by atoms with van der Waals surface area (Å²) in [6.07, 6.45) is 13.6. The summed E-state index contributed by atoms with van der Waals surface area (Å²) in [7, 11) is -4.20. The van der Waals surface area contributed by atoms with E-state index in [2.05, 4.69) is 6.92 Å². The molecule has 2 aromatic heterocycles. The molecule has 0 unspecified atom stereocenters. The van der Waals surface area contributed by atoms with Crippen molar-refractivity contribution >= 4 is 43.0 Å². The lowest BCUT2D eigenvalue weighted by atomic mass is 10.0. The normalized spacial score (nSPS) is 12.0. The molecule has 0 amide bonds. The van der Waals surface area contributed by atoms with E-state index < -0.39 is 36.0 Å². The second-order valence-electron chi connectivity index (χ2n) is 12.3. The number of rotatable bonds is 16. The van der Waals surface area contributed by atoms with Crippen molar-refractivity contribution in [2.75, 3.05) is 0 Å². The zero-order valence-corrected chi connectivity index (χ0v) is 30.6. The van der Waals surface area contributed by atoms with Crippen LogP contribution >= 0.6 is 0 Å². The van der Waals surface area contributed by atoms with Crippen LogP contribution in [0.1, 0.15) is 76.7 Å². The molecule has 0 atom stereocenters. The second kappa shape index (κ2) is 16.3. The van der Waals surface area contributed by atoms with Crippen LogP contribution in [0, 0.1) is 7.14 Å². The van der Waals surface area contributed by atoms with Crippen molar-refractivity contribution in [1.29, 1.82) is 0 Å². The quantitative estimate of drug-likeness (QED) is 0.0478. The van der Waals surface area contributed by atoms with Gasteiger partial charge in [0.15, 0.2) is 7.14 Å². The van der Waals surface area contributed by atoms with Crippen LogP contribution < -0.4 is 31.3 Å². The lowest BCUT2D eigenvalue weighted by Gasteiger charge is -2.09. The zero-order chi connectivity index (χ0) is 34.2. The van der Waals surface area contributed by atoms with Gasteiger partial charge in [-0.2, -0.15) is 8.42 Å². The van der Waals surface area contributed by atoms with E-state index in [-0.39, 0.29) is 10.3 Å². The average Bonchev–Trinajstić information content (AvgIpc) is 3.11. The monoisotopic (exact) mass is 792 g/mol. The van der Waals surface area contributed by atoms with E-state index in [4.69, 9.17) is 11.3 Å². The van der Waals surface area contributed by atoms with Gasteiger partial charge in [-0.3, -0.25) is 4.79 Å². The number of fused-ring (bicyclic) bond motifs is 3. The average molecular weight is 793 g/mol. The van der Waals surface area contributed by atoms with Gasteiger partial charge < -0.3 is 8.83 Å². The fourth-order valence-corrected chi connectivity index (χ4v) is 13.0. The molecule has 0 saturated carbocycles. The first-order valence-corrected chi connectivity index (χ1v) is 21.5. The molecule has 255 valence electrons. The highest BCUT2D eigenvalue weighted by Crippen LogP contribution is 2.19. The molecule has 4 aromatic carbocycles. The van der Waals surface area contributed by atoms with E-state index >= 15 is 0 Å². The van der Waals surface area contributed by atoms with Crippen molar-refractivity contribution in [2.24, 2.45) is 0 Å². The molecule has 0 spiro atoms. The van der Waals surface area contributed by atoms with Gasteiger partial charge in [-0.1, -0.05) is 89.0 Å². The van der Waals surface area contributed by atoms with Crippen molar-refractivity contribution in [3.63, 3.8) is 0 Å². The van der Waals surface area contributed by atoms with Crippen molar-refractivity contribution in [3.8, 4) is 0 Å². The fourth-order valence-electron chi connectivity index (χ4n) is 5.98. The Balaban J connectivity index is 1.22. The van der Waals surface area contributed by atoms with Gasteiger partial charge in [0.2, 0.25) is 5.43 Å². The maximum absolute atomic E-state index is 13.8.